The number of hydrogen-bond acceptors (Lipinski definition) is 7. The van der Waals surface area contributed by atoms with Gasteiger partial charge < -0.3 is 24.0 Å². The van der Waals surface area contributed by atoms with Crippen molar-refractivity contribution in [2.24, 2.45) is 0 Å². The van der Waals surface area contributed by atoms with Gasteiger partial charge in [0.15, 0.2) is 11.5 Å². The number of anilines is 1. The van der Waals surface area contributed by atoms with Gasteiger partial charge in [-0.1, -0.05) is 0 Å². The van der Waals surface area contributed by atoms with Gasteiger partial charge in [0, 0.05) is 56.8 Å². The number of methoxy groups -OCH3 is 3. The third-order valence-corrected chi connectivity index (χ3v) is 4.05. The zero-order chi connectivity index (χ0) is 19.3. The Bertz CT molecular complexity index is 787. The fourth-order valence-corrected chi connectivity index (χ4v) is 2.91. The van der Waals surface area contributed by atoms with Crippen LogP contribution in [-0.2, 0) is 0 Å². The fourth-order valence-electron chi connectivity index (χ4n) is 2.91. The van der Waals surface area contributed by atoms with Gasteiger partial charge in [-0.05, 0) is 5.57 Å². The van der Waals surface area contributed by atoms with Crippen LogP contribution in [0.2, 0.25) is 0 Å². The number of benzene rings is 1. The molecule has 0 radical (unpaired) electrons. The van der Waals surface area contributed by atoms with Crippen molar-refractivity contribution in [2.45, 2.75) is 0 Å². The van der Waals surface area contributed by atoms with Crippen molar-refractivity contribution in [2.75, 3.05) is 53.4 Å². The summed E-state index contributed by atoms with van der Waals surface area (Å²) in [4.78, 5) is 3.96. The Labute approximate surface area is 153 Å². The van der Waals surface area contributed by atoms with Crippen LogP contribution in [0, 0.1) is 22.7 Å². The Morgan fingerprint density at radius 2 is 1.62 bits per heavy atom. The minimum absolute atomic E-state index is 0.132. The van der Waals surface area contributed by atoms with E-state index in [-0.39, 0.29) is 5.57 Å². The molecule has 0 aromatic heterocycles. The van der Waals surface area contributed by atoms with Gasteiger partial charge in [-0.15, -0.1) is 0 Å². The van der Waals surface area contributed by atoms with Gasteiger partial charge in [0.2, 0.25) is 5.75 Å². The van der Waals surface area contributed by atoms with E-state index in [1.54, 1.807) is 21.3 Å². The third kappa shape index (κ3) is 3.68. The van der Waals surface area contributed by atoms with Crippen LogP contribution in [0.3, 0.4) is 0 Å². The maximum absolute atomic E-state index is 9.28. The predicted octanol–water partition coefficient (Wildman–Crippen LogP) is 2.32. The summed E-state index contributed by atoms with van der Waals surface area (Å²) in [5.74, 6) is 1.63. The lowest BCUT2D eigenvalue weighted by atomic mass is 10.1. The maximum Gasteiger partial charge on any atom is 0.203 e. The van der Waals surface area contributed by atoms with Crippen molar-refractivity contribution in [3.05, 3.63) is 35.1 Å². The molecule has 136 valence electrons. The molecule has 1 aliphatic heterocycles. The number of rotatable bonds is 5. The van der Waals surface area contributed by atoms with E-state index in [2.05, 4.69) is 4.90 Å². The monoisotopic (exact) mass is 354 g/mol. The van der Waals surface area contributed by atoms with E-state index < -0.39 is 0 Å². The highest BCUT2D eigenvalue weighted by atomic mass is 16.5. The molecule has 0 spiro atoms. The number of nitriles is 2. The van der Waals surface area contributed by atoms with Gasteiger partial charge >= 0.3 is 0 Å². The Kier molecular flexibility index (Phi) is 5.98. The van der Waals surface area contributed by atoms with E-state index in [4.69, 9.17) is 14.2 Å². The maximum atomic E-state index is 9.28. The molecule has 0 atom stereocenters. The van der Waals surface area contributed by atoms with Gasteiger partial charge in [0.25, 0.3) is 0 Å². The van der Waals surface area contributed by atoms with Crippen LogP contribution in [0.25, 0.3) is 0 Å². The second-order valence-electron chi connectivity index (χ2n) is 5.93. The molecule has 1 saturated heterocycles. The van der Waals surface area contributed by atoms with Crippen LogP contribution in [-0.4, -0.2) is 53.4 Å². The van der Waals surface area contributed by atoms with Crippen molar-refractivity contribution in [3.63, 3.8) is 0 Å². The van der Waals surface area contributed by atoms with Gasteiger partial charge in [0.1, 0.15) is 17.7 Å². The molecule has 0 aliphatic carbocycles. The van der Waals surface area contributed by atoms with Crippen molar-refractivity contribution in [1.82, 2.24) is 4.90 Å². The van der Waals surface area contributed by atoms with Crippen molar-refractivity contribution < 1.29 is 14.2 Å². The normalized spacial score (nSPS) is 14.7. The van der Waals surface area contributed by atoms with Crippen LogP contribution in [0.5, 0.6) is 17.2 Å². The van der Waals surface area contributed by atoms with E-state index in [0.717, 1.165) is 16.8 Å². The minimum Gasteiger partial charge on any atom is -0.493 e. The Morgan fingerprint density at radius 1 is 1.04 bits per heavy atom. The molecule has 1 heterocycles. The molecule has 7 nitrogen and oxygen atoms in total. The van der Waals surface area contributed by atoms with Gasteiger partial charge in [0.05, 0.1) is 21.3 Å². The van der Waals surface area contributed by atoms with Crippen LogP contribution in [0.1, 0.15) is 0 Å². The number of hydrogen-bond donors (Lipinski definition) is 0. The summed E-state index contributed by atoms with van der Waals surface area (Å²) in [7, 11) is 8.51. The molecular weight excluding hydrogens is 332 g/mol. The second-order valence-corrected chi connectivity index (χ2v) is 5.93. The Hall–Kier alpha value is -3.32. The van der Waals surface area contributed by atoms with E-state index in [9.17, 15) is 10.5 Å². The van der Waals surface area contributed by atoms with Crippen molar-refractivity contribution in [3.8, 4) is 29.4 Å². The largest absolute Gasteiger partial charge is 0.493 e. The Morgan fingerprint density at radius 3 is 2.04 bits per heavy atom. The summed E-state index contributed by atoms with van der Waals surface area (Å²) in [6.07, 6.45) is 1.93. The first kappa shape index (κ1) is 19.0. The molecule has 1 aromatic rings. The highest BCUT2D eigenvalue weighted by molar-refractivity contribution is 5.68. The molecule has 7 heteroatoms. The lowest BCUT2D eigenvalue weighted by Crippen LogP contribution is -2.19. The summed E-state index contributed by atoms with van der Waals surface area (Å²) < 4.78 is 16.2. The number of ether oxygens (including phenoxy) is 3. The first-order valence-electron chi connectivity index (χ1n) is 7.94. The van der Waals surface area contributed by atoms with Gasteiger partial charge in [-0.25, -0.2) is 0 Å². The average Bonchev–Trinajstić information content (AvgIpc) is 3.04. The van der Waals surface area contributed by atoms with Gasteiger partial charge in [-0.3, -0.25) is 0 Å². The van der Waals surface area contributed by atoms with E-state index in [1.165, 1.54) is 0 Å². The summed E-state index contributed by atoms with van der Waals surface area (Å²) >= 11 is 0. The van der Waals surface area contributed by atoms with E-state index in [0.29, 0.717) is 30.3 Å². The standard InChI is InChI=1S/C19H22N4O3/c1-22(2)10-14-11-23(12-16(14)13(8-20)9-21)15-6-17(24-3)19(26-5)18(7-15)25-4/h6-7,10H,11-12H2,1-5H3. The summed E-state index contributed by atoms with van der Waals surface area (Å²) in [6, 6.07) is 7.71. The summed E-state index contributed by atoms with van der Waals surface area (Å²) in [6.45, 7) is 1.02. The molecule has 0 unspecified atom stereocenters. The molecule has 2 rings (SSSR count). The summed E-state index contributed by atoms with van der Waals surface area (Å²) in [5.41, 5.74) is 2.65. The smallest absolute Gasteiger partial charge is 0.203 e. The first-order chi connectivity index (χ1) is 12.5. The first-order valence-corrected chi connectivity index (χ1v) is 7.94. The molecule has 1 aromatic carbocycles. The molecular formula is C19H22N4O3. The highest BCUT2D eigenvalue weighted by Gasteiger charge is 2.27. The van der Waals surface area contributed by atoms with E-state index >= 15 is 0 Å². The van der Waals surface area contributed by atoms with Crippen molar-refractivity contribution in [1.29, 1.82) is 10.5 Å². The SMILES string of the molecule is COc1cc(N2CC(=CN(C)C)C(=C(C#N)C#N)C2)cc(OC)c1OC. The molecule has 0 amide bonds. The fraction of sp³-hybridized carbons (Fsp3) is 0.368. The zero-order valence-electron chi connectivity index (χ0n) is 15.7. The second kappa shape index (κ2) is 8.17. The average molecular weight is 354 g/mol. The number of nitrogens with zero attached hydrogens (tertiary/aromatic N) is 4. The van der Waals surface area contributed by atoms with Crippen LogP contribution < -0.4 is 19.1 Å². The third-order valence-electron chi connectivity index (χ3n) is 4.05. The molecule has 0 N–H and O–H groups in total. The Balaban J connectivity index is 2.53. The molecule has 0 saturated carbocycles. The van der Waals surface area contributed by atoms with Crippen LogP contribution in [0.15, 0.2) is 35.1 Å². The number of allylic oxidation sites excluding steroid dienone is 1. The highest BCUT2D eigenvalue weighted by Crippen LogP contribution is 2.42. The lowest BCUT2D eigenvalue weighted by molar-refractivity contribution is 0.324. The zero-order valence-corrected chi connectivity index (χ0v) is 15.7. The van der Waals surface area contributed by atoms with Crippen LogP contribution >= 0.6 is 0 Å². The predicted molar refractivity (Wildman–Crippen MR) is 98.3 cm³/mol. The summed E-state index contributed by atoms with van der Waals surface area (Å²) in [5, 5.41) is 18.6. The van der Waals surface area contributed by atoms with E-state index in [1.807, 2.05) is 49.5 Å². The molecule has 1 aliphatic rings. The molecule has 26 heavy (non-hydrogen) atoms. The van der Waals surface area contributed by atoms with Crippen molar-refractivity contribution >= 4 is 5.69 Å². The minimum atomic E-state index is 0.132. The quantitative estimate of drug-likeness (QED) is 0.751. The van der Waals surface area contributed by atoms with Crippen LogP contribution in [0.4, 0.5) is 5.69 Å². The molecule has 1 fully saturated rings. The van der Waals surface area contributed by atoms with Gasteiger partial charge in [-0.2, -0.15) is 10.5 Å². The molecule has 0 bridgehead atoms. The lowest BCUT2D eigenvalue weighted by Gasteiger charge is -2.21. The topological polar surface area (TPSA) is 81.8 Å².